The van der Waals surface area contributed by atoms with E-state index in [-0.39, 0.29) is 17.0 Å². The zero-order valence-corrected chi connectivity index (χ0v) is 11.9. The molecule has 0 unspecified atom stereocenters. The number of unbranched alkanes of at least 4 members (excludes halogenated alkanes) is 1. The van der Waals surface area contributed by atoms with Crippen LogP contribution in [0.2, 0.25) is 0 Å². The predicted molar refractivity (Wildman–Crippen MR) is 75.2 cm³/mol. The third-order valence-corrected chi connectivity index (χ3v) is 4.01. The van der Waals surface area contributed by atoms with E-state index in [9.17, 15) is 18.5 Å². The summed E-state index contributed by atoms with van der Waals surface area (Å²) in [6.45, 7) is 0. The summed E-state index contributed by atoms with van der Waals surface area (Å²) in [6, 6.07) is 5.30. The van der Waals surface area contributed by atoms with Crippen molar-refractivity contribution >= 4 is 33.0 Å². The van der Waals surface area contributed by atoms with Gasteiger partial charge in [-0.1, -0.05) is 0 Å². The fraction of sp³-hybridized carbons (Fsp3) is 0.364. The molecule has 0 spiro atoms. The lowest BCUT2D eigenvalue weighted by Gasteiger charge is -2.08. The summed E-state index contributed by atoms with van der Waals surface area (Å²) < 4.78 is 25.7. The van der Waals surface area contributed by atoms with Crippen molar-refractivity contribution in [1.29, 1.82) is 5.26 Å². The van der Waals surface area contributed by atoms with E-state index in [1.54, 1.807) is 6.07 Å². The Morgan fingerprint density at radius 1 is 1.40 bits per heavy atom. The van der Waals surface area contributed by atoms with Crippen molar-refractivity contribution in [1.82, 2.24) is 0 Å². The Kier molecular flexibility index (Phi) is 5.73. The Morgan fingerprint density at radius 3 is 2.65 bits per heavy atom. The number of nitriles is 1. The minimum Gasteiger partial charge on any atom is -0.277 e. The molecule has 0 saturated carbocycles. The molecule has 0 atom stereocenters. The normalized spacial score (nSPS) is 10.8. The Bertz CT molecular complexity index is 640. The summed E-state index contributed by atoms with van der Waals surface area (Å²) >= 11 is 5.46. The average Bonchev–Trinajstić information content (AvgIpc) is 2.38. The van der Waals surface area contributed by atoms with Crippen LogP contribution in [-0.2, 0) is 10.0 Å². The van der Waals surface area contributed by atoms with Crippen molar-refractivity contribution in [3.63, 3.8) is 0 Å². The first-order chi connectivity index (χ1) is 9.39. The van der Waals surface area contributed by atoms with Gasteiger partial charge in [-0.05, 0) is 25.0 Å². The van der Waals surface area contributed by atoms with Gasteiger partial charge in [0.05, 0.1) is 22.3 Å². The van der Waals surface area contributed by atoms with Crippen LogP contribution in [0.15, 0.2) is 18.2 Å². The van der Waals surface area contributed by atoms with Crippen molar-refractivity contribution in [3.8, 4) is 6.07 Å². The van der Waals surface area contributed by atoms with E-state index in [2.05, 4.69) is 4.72 Å². The Balaban J connectivity index is 2.97. The number of halogens is 1. The molecule has 1 N–H and O–H groups in total. The molecule has 1 aromatic carbocycles. The quantitative estimate of drug-likeness (QED) is 0.358. The summed E-state index contributed by atoms with van der Waals surface area (Å²) in [5.41, 5.74) is -0.522. The van der Waals surface area contributed by atoms with E-state index >= 15 is 0 Å². The van der Waals surface area contributed by atoms with Gasteiger partial charge in [0, 0.05) is 11.9 Å². The van der Waals surface area contributed by atoms with E-state index in [1.807, 2.05) is 0 Å². The molecule has 9 heteroatoms. The first-order valence-electron chi connectivity index (χ1n) is 5.64. The molecule has 1 aromatic rings. The Labute approximate surface area is 121 Å². The van der Waals surface area contributed by atoms with Gasteiger partial charge in [0.15, 0.2) is 0 Å². The fourth-order valence-electron chi connectivity index (χ4n) is 1.44. The minimum atomic E-state index is -3.68. The highest BCUT2D eigenvalue weighted by atomic mass is 35.5. The number of nitro groups is 1. The van der Waals surface area contributed by atoms with Gasteiger partial charge in [-0.25, -0.2) is 8.42 Å². The standard InChI is InChI=1S/C11H12ClN3O4S/c12-5-1-2-6-20(18,19)14-10-4-3-9(8-13)7-11(10)15(16)17/h3-4,7,14H,1-2,5-6H2. The van der Waals surface area contributed by atoms with Crippen LogP contribution in [0.3, 0.4) is 0 Å². The summed E-state index contributed by atoms with van der Waals surface area (Å²) in [5.74, 6) is 0.184. The van der Waals surface area contributed by atoms with Crippen LogP contribution in [0.5, 0.6) is 0 Å². The molecule has 0 aliphatic carbocycles. The van der Waals surface area contributed by atoms with Gasteiger partial charge in [-0.2, -0.15) is 5.26 Å². The monoisotopic (exact) mass is 317 g/mol. The van der Waals surface area contributed by atoms with Gasteiger partial charge in [0.1, 0.15) is 5.69 Å². The highest BCUT2D eigenvalue weighted by Gasteiger charge is 2.19. The smallest absolute Gasteiger partial charge is 0.277 e. The van der Waals surface area contributed by atoms with Gasteiger partial charge < -0.3 is 0 Å². The van der Waals surface area contributed by atoms with Crippen LogP contribution in [0.25, 0.3) is 0 Å². The van der Waals surface area contributed by atoms with Gasteiger partial charge in [0.2, 0.25) is 10.0 Å². The molecule has 0 aliphatic heterocycles. The number of benzene rings is 1. The maximum Gasteiger partial charge on any atom is 0.294 e. The molecule has 20 heavy (non-hydrogen) atoms. The van der Waals surface area contributed by atoms with Gasteiger partial charge in [-0.3, -0.25) is 14.8 Å². The van der Waals surface area contributed by atoms with Gasteiger partial charge in [0.25, 0.3) is 5.69 Å². The van der Waals surface area contributed by atoms with Crippen LogP contribution in [-0.4, -0.2) is 25.0 Å². The Morgan fingerprint density at radius 2 is 2.10 bits per heavy atom. The van der Waals surface area contributed by atoms with E-state index in [0.29, 0.717) is 18.7 Å². The first kappa shape index (κ1) is 16.2. The molecular formula is C11H12ClN3O4S. The van der Waals surface area contributed by atoms with Crippen LogP contribution in [0.1, 0.15) is 18.4 Å². The number of hydrogen-bond acceptors (Lipinski definition) is 5. The number of nitrogens with one attached hydrogen (secondary N) is 1. The summed E-state index contributed by atoms with van der Waals surface area (Å²) in [6.07, 6.45) is 0.904. The highest BCUT2D eigenvalue weighted by Crippen LogP contribution is 2.26. The number of sulfonamides is 1. The van der Waals surface area contributed by atoms with Gasteiger partial charge in [-0.15, -0.1) is 11.6 Å². The molecule has 0 aliphatic rings. The first-order valence-corrected chi connectivity index (χ1v) is 7.83. The SMILES string of the molecule is N#Cc1ccc(NS(=O)(=O)CCCCCl)c([N+](=O)[O-])c1. The molecule has 0 bridgehead atoms. The molecular weight excluding hydrogens is 306 g/mol. The molecule has 0 heterocycles. The van der Waals surface area contributed by atoms with Crippen LogP contribution in [0.4, 0.5) is 11.4 Å². The largest absolute Gasteiger partial charge is 0.294 e. The lowest BCUT2D eigenvalue weighted by atomic mass is 10.2. The number of alkyl halides is 1. The molecule has 0 fully saturated rings. The number of anilines is 1. The summed E-state index contributed by atoms with van der Waals surface area (Å²) in [7, 11) is -3.68. The zero-order valence-electron chi connectivity index (χ0n) is 10.4. The van der Waals surface area contributed by atoms with E-state index in [4.69, 9.17) is 16.9 Å². The number of rotatable bonds is 7. The molecule has 108 valence electrons. The topological polar surface area (TPSA) is 113 Å². The van der Waals surface area contributed by atoms with Gasteiger partial charge >= 0.3 is 0 Å². The molecule has 0 aromatic heterocycles. The third-order valence-electron chi connectivity index (χ3n) is 2.39. The highest BCUT2D eigenvalue weighted by molar-refractivity contribution is 7.92. The van der Waals surface area contributed by atoms with Crippen molar-refractivity contribution < 1.29 is 13.3 Å². The third kappa shape index (κ3) is 4.68. The van der Waals surface area contributed by atoms with Crippen molar-refractivity contribution in [2.75, 3.05) is 16.4 Å². The van der Waals surface area contributed by atoms with E-state index < -0.39 is 20.6 Å². The average molecular weight is 318 g/mol. The van der Waals surface area contributed by atoms with E-state index in [1.165, 1.54) is 12.1 Å². The number of nitro benzene ring substituents is 1. The predicted octanol–water partition coefficient (Wildman–Crippen LogP) is 2.23. The van der Waals surface area contributed by atoms with Crippen LogP contribution in [0, 0.1) is 21.4 Å². The lowest BCUT2D eigenvalue weighted by Crippen LogP contribution is -2.17. The molecule has 0 amide bonds. The zero-order chi connectivity index (χ0) is 15.2. The maximum absolute atomic E-state index is 11.8. The number of hydrogen-bond donors (Lipinski definition) is 1. The molecule has 0 saturated heterocycles. The Hall–Kier alpha value is -1.85. The van der Waals surface area contributed by atoms with Crippen molar-refractivity contribution in [2.24, 2.45) is 0 Å². The maximum atomic E-state index is 11.8. The van der Waals surface area contributed by atoms with E-state index in [0.717, 1.165) is 6.07 Å². The second-order valence-corrected chi connectivity index (χ2v) is 6.14. The van der Waals surface area contributed by atoms with Crippen LogP contribution < -0.4 is 4.72 Å². The van der Waals surface area contributed by atoms with Crippen LogP contribution >= 0.6 is 11.6 Å². The minimum absolute atomic E-state index is 0.0850. The fourth-order valence-corrected chi connectivity index (χ4v) is 2.83. The summed E-state index contributed by atoms with van der Waals surface area (Å²) in [5, 5.41) is 19.6. The molecule has 7 nitrogen and oxygen atoms in total. The van der Waals surface area contributed by atoms with Crippen molar-refractivity contribution in [3.05, 3.63) is 33.9 Å². The summed E-state index contributed by atoms with van der Waals surface area (Å²) in [4.78, 5) is 10.1. The lowest BCUT2D eigenvalue weighted by molar-refractivity contribution is -0.383. The second kappa shape index (κ2) is 7.07. The van der Waals surface area contributed by atoms with Crippen molar-refractivity contribution in [2.45, 2.75) is 12.8 Å². The molecule has 0 radical (unpaired) electrons. The molecule has 1 rings (SSSR count). The number of nitrogens with zero attached hydrogens (tertiary/aromatic N) is 2. The second-order valence-electron chi connectivity index (χ2n) is 3.92.